The Balaban J connectivity index is 1.33. The van der Waals surface area contributed by atoms with Crippen LogP contribution >= 0.6 is 11.6 Å². The second-order valence-electron chi connectivity index (χ2n) is 7.51. The van der Waals surface area contributed by atoms with Crippen LogP contribution in [0.4, 0.5) is 0 Å². The summed E-state index contributed by atoms with van der Waals surface area (Å²) in [6, 6.07) is 15.9. The standard InChI is InChI=1S/C23H29ClN2O2/c1-28-22-8-5-19(6-9-22)17-26-13-11-18(12-14-26)7-10-23(27)25-16-20-3-2-4-21(24)15-20/h2-6,8-9,15,18H,7,10-14,16-17H2,1H3,(H,25,27). The molecule has 150 valence electrons. The molecule has 0 aromatic heterocycles. The van der Waals surface area contributed by atoms with Gasteiger partial charge >= 0.3 is 0 Å². The molecule has 0 radical (unpaired) electrons. The number of rotatable bonds is 8. The molecule has 2 aromatic rings. The van der Waals surface area contributed by atoms with Gasteiger partial charge in [0.25, 0.3) is 0 Å². The Labute approximate surface area is 172 Å². The molecule has 1 saturated heterocycles. The zero-order chi connectivity index (χ0) is 19.8. The number of carbonyl (C=O) groups is 1. The van der Waals surface area contributed by atoms with Crippen LogP contribution in [0.15, 0.2) is 48.5 Å². The minimum Gasteiger partial charge on any atom is -0.497 e. The summed E-state index contributed by atoms with van der Waals surface area (Å²) in [6.45, 7) is 3.72. The van der Waals surface area contributed by atoms with Crippen molar-refractivity contribution in [3.8, 4) is 5.75 Å². The first-order valence-electron chi connectivity index (χ1n) is 9.99. The summed E-state index contributed by atoms with van der Waals surface area (Å²) in [5.41, 5.74) is 2.35. The molecule has 5 heteroatoms. The molecule has 1 amide bonds. The molecule has 2 aromatic carbocycles. The molecule has 0 spiro atoms. The lowest BCUT2D eigenvalue weighted by Crippen LogP contribution is -2.33. The molecule has 3 rings (SSSR count). The summed E-state index contributed by atoms with van der Waals surface area (Å²) in [4.78, 5) is 14.6. The zero-order valence-electron chi connectivity index (χ0n) is 16.5. The van der Waals surface area contributed by atoms with Gasteiger partial charge in [-0.05, 0) is 73.7 Å². The highest BCUT2D eigenvalue weighted by Gasteiger charge is 2.20. The number of methoxy groups -OCH3 is 1. The number of piperidine rings is 1. The van der Waals surface area contributed by atoms with E-state index in [4.69, 9.17) is 16.3 Å². The van der Waals surface area contributed by atoms with Crippen molar-refractivity contribution in [1.29, 1.82) is 0 Å². The summed E-state index contributed by atoms with van der Waals surface area (Å²) in [6.07, 6.45) is 3.90. The van der Waals surface area contributed by atoms with Gasteiger partial charge < -0.3 is 10.1 Å². The Morgan fingerprint density at radius 3 is 2.57 bits per heavy atom. The maximum Gasteiger partial charge on any atom is 0.220 e. The van der Waals surface area contributed by atoms with E-state index in [0.717, 1.165) is 50.2 Å². The predicted octanol–water partition coefficient (Wildman–Crippen LogP) is 4.66. The third kappa shape index (κ3) is 6.54. The van der Waals surface area contributed by atoms with E-state index in [1.165, 1.54) is 5.56 Å². The first kappa shape index (κ1) is 20.7. The largest absolute Gasteiger partial charge is 0.497 e. The SMILES string of the molecule is COc1ccc(CN2CCC(CCC(=O)NCc3cccc(Cl)c3)CC2)cc1. The number of benzene rings is 2. The monoisotopic (exact) mass is 400 g/mol. The van der Waals surface area contributed by atoms with Gasteiger partial charge in [0.2, 0.25) is 5.91 Å². The molecular weight excluding hydrogens is 372 g/mol. The van der Waals surface area contributed by atoms with E-state index >= 15 is 0 Å². The fraction of sp³-hybridized carbons (Fsp3) is 0.435. The number of nitrogens with one attached hydrogen (secondary N) is 1. The van der Waals surface area contributed by atoms with Crippen molar-refractivity contribution in [3.63, 3.8) is 0 Å². The van der Waals surface area contributed by atoms with Gasteiger partial charge in [0, 0.05) is 24.5 Å². The van der Waals surface area contributed by atoms with Crippen molar-refractivity contribution in [3.05, 3.63) is 64.7 Å². The van der Waals surface area contributed by atoms with Crippen LogP contribution < -0.4 is 10.1 Å². The van der Waals surface area contributed by atoms with Crippen LogP contribution in [0.1, 0.15) is 36.8 Å². The number of nitrogens with zero attached hydrogens (tertiary/aromatic N) is 1. The molecule has 0 saturated carbocycles. The Hall–Kier alpha value is -2.04. The van der Waals surface area contributed by atoms with Crippen LogP contribution in [-0.4, -0.2) is 31.0 Å². The van der Waals surface area contributed by atoms with Crippen molar-refractivity contribution >= 4 is 17.5 Å². The van der Waals surface area contributed by atoms with E-state index in [1.54, 1.807) is 7.11 Å². The number of hydrogen-bond donors (Lipinski definition) is 1. The van der Waals surface area contributed by atoms with Gasteiger partial charge in [-0.25, -0.2) is 0 Å². The first-order valence-corrected chi connectivity index (χ1v) is 10.4. The van der Waals surface area contributed by atoms with Crippen LogP contribution in [0.5, 0.6) is 5.75 Å². The highest BCUT2D eigenvalue weighted by molar-refractivity contribution is 6.30. The van der Waals surface area contributed by atoms with E-state index in [9.17, 15) is 4.79 Å². The zero-order valence-corrected chi connectivity index (χ0v) is 17.3. The topological polar surface area (TPSA) is 41.6 Å². The van der Waals surface area contributed by atoms with E-state index in [-0.39, 0.29) is 5.91 Å². The second kappa shape index (κ2) is 10.5. The maximum atomic E-state index is 12.1. The summed E-state index contributed by atoms with van der Waals surface area (Å²) in [5, 5.41) is 3.70. The van der Waals surface area contributed by atoms with Gasteiger partial charge in [0.15, 0.2) is 0 Å². The van der Waals surface area contributed by atoms with Gasteiger partial charge in [-0.3, -0.25) is 9.69 Å². The quantitative estimate of drug-likeness (QED) is 0.700. The molecule has 0 bridgehead atoms. The lowest BCUT2D eigenvalue weighted by molar-refractivity contribution is -0.121. The molecule has 0 unspecified atom stereocenters. The number of carbonyl (C=O) groups excluding carboxylic acids is 1. The van der Waals surface area contributed by atoms with Crippen LogP contribution in [-0.2, 0) is 17.9 Å². The predicted molar refractivity (Wildman–Crippen MR) is 114 cm³/mol. The summed E-state index contributed by atoms with van der Waals surface area (Å²) in [5.74, 6) is 1.67. The number of amides is 1. The summed E-state index contributed by atoms with van der Waals surface area (Å²) in [7, 11) is 1.69. The van der Waals surface area contributed by atoms with Gasteiger partial charge in [0.1, 0.15) is 5.75 Å². The average molecular weight is 401 g/mol. The van der Waals surface area contributed by atoms with Crippen molar-refractivity contribution in [2.45, 2.75) is 38.8 Å². The highest BCUT2D eigenvalue weighted by atomic mass is 35.5. The van der Waals surface area contributed by atoms with E-state index in [0.29, 0.717) is 23.9 Å². The van der Waals surface area contributed by atoms with Crippen molar-refractivity contribution < 1.29 is 9.53 Å². The average Bonchev–Trinajstić information content (AvgIpc) is 2.72. The first-order chi connectivity index (χ1) is 13.6. The van der Waals surface area contributed by atoms with Crippen LogP contribution in [0, 0.1) is 5.92 Å². The Morgan fingerprint density at radius 2 is 1.89 bits per heavy atom. The molecule has 0 atom stereocenters. The van der Waals surface area contributed by atoms with Crippen molar-refractivity contribution in [1.82, 2.24) is 10.2 Å². The third-order valence-electron chi connectivity index (χ3n) is 5.43. The smallest absolute Gasteiger partial charge is 0.220 e. The minimum absolute atomic E-state index is 0.126. The highest BCUT2D eigenvalue weighted by Crippen LogP contribution is 2.23. The van der Waals surface area contributed by atoms with E-state index in [2.05, 4.69) is 22.3 Å². The summed E-state index contributed by atoms with van der Waals surface area (Å²) >= 11 is 5.98. The second-order valence-corrected chi connectivity index (χ2v) is 7.95. The van der Waals surface area contributed by atoms with Crippen LogP contribution in [0.2, 0.25) is 5.02 Å². The van der Waals surface area contributed by atoms with Gasteiger partial charge in [-0.2, -0.15) is 0 Å². The molecule has 4 nitrogen and oxygen atoms in total. The molecular formula is C23H29ClN2O2. The third-order valence-corrected chi connectivity index (χ3v) is 5.67. The van der Waals surface area contributed by atoms with Gasteiger partial charge in [-0.1, -0.05) is 35.9 Å². The van der Waals surface area contributed by atoms with Crippen molar-refractivity contribution in [2.24, 2.45) is 5.92 Å². The molecule has 0 aliphatic carbocycles. The number of halogens is 1. The minimum atomic E-state index is 0.126. The number of likely N-dealkylation sites (tertiary alicyclic amines) is 1. The fourth-order valence-corrected chi connectivity index (χ4v) is 3.91. The van der Waals surface area contributed by atoms with E-state index in [1.807, 2.05) is 36.4 Å². The lowest BCUT2D eigenvalue weighted by atomic mass is 9.92. The number of hydrogen-bond acceptors (Lipinski definition) is 3. The Kier molecular flexibility index (Phi) is 7.75. The molecule has 1 aliphatic heterocycles. The molecule has 1 N–H and O–H groups in total. The number of ether oxygens (including phenoxy) is 1. The van der Waals surface area contributed by atoms with E-state index < -0.39 is 0 Å². The molecule has 1 aliphatic rings. The van der Waals surface area contributed by atoms with Crippen molar-refractivity contribution in [2.75, 3.05) is 20.2 Å². The van der Waals surface area contributed by atoms with Crippen LogP contribution in [0.3, 0.4) is 0 Å². The maximum absolute atomic E-state index is 12.1. The molecule has 28 heavy (non-hydrogen) atoms. The summed E-state index contributed by atoms with van der Waals surface area (Å²) < 4.78 is 5.21. The molecule has 1 fully saturated rings. The van der Waals surface area contributed by atoms with Gasteiger partial charge in [-0.15, -0.1) is 0 Å². The lowest BCUT2D eigenvalue weighted by Gasteiger charge is -2.32. The Morgan fingerprint density at radius 1 is 1.14 bits per heavy atom. The van der Waals surface area contributed by atoms with Crippen LogP contribution in [0.25, 0.3) is 0 Å². The molecule has 1 heterocycles. The Bertz CT molecular complexity index is 755. The fourth-order valence-electron chi connectivity index (χ4n) is 3.69. The van der Waals surface area contributed by atoms with Gasteiger partial charge in [0.05, 0.1) is 7.11 Å². The normalized spacial score (nSPS) is 15.4.